The minimum atomic E-state index is -0.307. The molecule has 9 aromatic rings. The molecular formula is C56H56N4Pt. The van der Waals surface area contributed by atoms with Crippen LogP contribution in [-0.4, -0.2) is 14.5 Å². The second-order valence-corrected chi connectivity index (χ2v) is 20.8. The Kier molecular flexibility index (Phi) is 10.4. The third-order valence-electron chi connectivity index (χ3n) is 12.1. The monoisotopic (exact) mass is 979 g/mol. The van der Waals surface area contributed by atoms with Gasteiger partial charge in [-0.15, -0.1) is 34.8 Å². The van der Waals surface area contributed by atoms with Crippen LogP contribution in [-0.2, 0) is 42.8 Å². The van der Waals surface area contributed by atoms with Crippen LogP contribution in [0.4, 0.5) is 0 Å². The molecule has 4 nitrogen and oxygen atoms in total. The Morgan fingerprint density at radius 3 is 1.87 bits per heavy atom. The van der Waals surface area contributed by atoms with Gasteiger partial charge in [0, 0.05) is 22.8 Å². The molecule has 0 aliphatic rings. The van der Waals surface area contributed by atoms with Crippen molar-refractivity contribution in [3.05, 3.63) is 144 Å². The topological polar surface area (TPSA) is 44.8 Å². The molecule has 0 atom stereocenters. The molecule has 9 rings (SSSR count). The first kappa shape index (κ1) is 42.4. The molecule has 310 valence electrons. The van der Waals surface area contributed by atoms with E-state index in [0.717, 1.165) is 77.7 Å². The van der Waals surface area contributed by atoms with Crippen molar-refractivity contribution < 1.29 is 21.1 Å². The largest absolute Gasteiger partial charge is 2.00 e. The maximum atomic E-state index is 5.70. The molecule has 0 aliphatic heterocycles. The van der Waals surface area contributed by atoms with Crippen molar-refractivity contribution in [2.24, 2.45) is 0 Å². The van der Waals surface area contributed by atoms with E-state index in [1.807, 2.05) is 12.3 Å². The number of benzene rings is 6. The van der Waals surface area contributed by atoms with E-state index in [-0.39, 0.29) is 42.8 Å². The van der Waals surface area contributed by atoms with Crippen LogP contribution < -0.4 is 4.98 Å². The Morgan fingerprint density at radius 1 is 0.525 bits per heavy atom. The smallest absolute Gasteiger partial charge is 0.656 e. The van der Waals surface area contributed by atoms with Crippen molar-refractivity contribution in [2.45, 2.75) is 105 Å². The molecule has 0 saturated carbocycles. The van der Waals surface area contributed by atoms with E-state index in [4.69, 9.17) is 15.0 Å². The van der Waals surface area contributed by atoms with Gasteiger partial charge < -0.3 is 9.55 Å². The van der Waals surface area contributed by atoms with Gasteiger partial charge in [0.15, 0.2) is 0 Å². The number of pyridine rings is 1. The van der Waals surface area contributed by atoms with Crippen molar-refractivity contribution in [2.75, 3.05) is 0 Å². The minimum absolute atomic E-state index is 0. The molecular weight excluding hydrogens is 924 g/mol. The van der Waals surface area contributed by atoms with Gasteiger partial charge in [0.25, 0.3) is 0 Å². The predicted octanol–water partition coefficient (Wildman–Crippen LogP) is 15.0. The van der Waals surface area contributed by atoms with E-state index in [0.29, 0.717) is 0 Å². The maximum Gasteiger partial charge on any atom is 2.00 e. The molecule has 0 saturated heterocycles. The van der Waals surface area contributed by atoms with E-state index in [1.165, 1.54) is 27.5 Å². The summed E-state index contributed by atoms with van der Waals surface area (Å²) in [5.74, 6) is 0.881. The van der Waals surface area contributed by atoms with Crippen LogP contribution in [0.5, 0.6) is 0 Å². The summed E-state index contributed by atoms with van der Waals surface area (Å²) in [6, 6.07) is 46.1. The molecule has 0 aliphatic carbocycles. The number of hydrogen-bond donors (Lipinski definition) is 0. The molecule has 0 fully saturated rings. The Balaban J connectivity index is 0.00000514. The van der Waals surface area contributed by atoms with Crippen LogP contribution in [0.3, 0.4) is 0 Å². The second-order valence-electron chi connectivity index (χ2n) is 20.8. The van der Waals surface area contributed by atoms with Crippen molar-refractivity contribution in [1.29, 1.82) is 0 Å². The van der Waals surface area contributed by atoms with Crippen molar-refractivity contribution in [1.82, 2.24) is 19.5 Å². The third kappa shape index (κ3) is 7.67. The minimum Gasteiger partial charge on any atom is -0.656 e. The molecule has 3 aromatic heterocycles. The summed E-state index contributed by atoms with van der Waals surface area (Å²) in [6.45, 7) is 27.4. The number of fused-ring (bicyclic) bond motifs is 5. The molecule has 0 N–H and O–H groups in total. The normalized spacial score (nSPS) is 12.8. The quantitative estimate of drug-likeness (QED) is 0.165. The Hall–Kier alpha value is -5.31. The van der Waals surface area contributed by atoms with E-state index < -0.39 is 0 Å². The number of rotatable bonds is 4. The average molecular weight is 980 g/mol. The zero-order valence-electron chi connectivity index (χ0n) is 37.7. The number of hydrogen-bond acceptors (Lipinski definition) is 2. The van der Waals surface area contributed by atoms with Gasteiger partial charge in [-0.25, -0.2) is 0 Å². The fourth-order valence-corrected chi connectivity index (χ4v) is 8.67. The fraction of sp³-hybridized carbons (Fsp3) is 0.286. The maximum absolute atomic E-state index is 5.70. The summed E-state index contributed by atoms with van der Waals surface area (Å²) < 4.78 is 2.41. The Bertz CT molecular complexity index is 3120. The number of imidazole rings is 1. The van der Waals surface area contributed by atoms with Gasteiger partial charge in [-0.2, -0.15) is 0 Å². The van der Waals surface area contributed by atoms with Gasteiger partial charge in [0.1, 0.15) is 0 Å². The van der Waals surface area contributed by atoms with E-state index in [9.17, 15) is 0 Å². The van der Waals surface area contributed by atoms with Crippen LogP contribution >= 0.6 is 0 Å². The SMILES string of the molecule is CC(C)(C)c1cc(-c2[c-]c(-c3nc4c(-c5cc(C(C)(C)C)cc6c5[n-]c5ccc(C(C)(C)C)cc56)cccc4n3C(C)(C)C)cc(-c3ccccc3)c2)c2ncccc2c1.[Pt+2]. The van der Waals surface area contributed by atoms with Crippen molar-refractivity contribution in [3.63, 3.8) is 0 Å². The first-order valence-electron chi connectivity index (χ1n) is 21.4. The average Bonchev–Trinajstić information content (AvgIpc) is 3.79. The molecule has 5 heteroatoms. The first-order valence-corrected chi connectivity index (χ1v) is 21.4. The molecule has 0 bridgehead atoms. The molecule has 0 spiro atoms. The van der Waals surface area contributed by atoms with Crippen LogP contribution in [0.25, 0.3) is 88.5 Å². The third-order valence-corrected chi connectivity index (χ3v) is 12.1. The second kappa shape index (κ2) is 14.9. The van der Waals surface area contributed by atoms with Gasteiger partial charge in [0.2, 0.25) is 0 Å². The summed E-state index contributed by atoms with van der Waals surface area (Å²) in [6.07, 6.45) is 1.89. The van der Waals surface area contributed by atoms with Crippen LogP contribution in [0, 0.1) is 6.07 Å². The predicted molar refractivity (Wildman–Crippen MR) is 255 cm³/mol. The Morgan fingerprint density at radius 2 is 1.18 bits per heavy atom. The zero-order chi connectivity index (χ0) is 42.5. The van der Waals surface area contributed by atoms with Crippen LogP contribution in [0.2, 0.25) is 0 Å². The van der Waals surface area contributed by atoms with E-state index >= 15 is 0 Å². The van der Waals surface area contributed by atoms with Gasteiger partial charge in [0.05, 0.1) is 16.9 Å². The number of nitrogens with zero attached hydrogens (tertiary/aromatic N) is 4. The zero-order valence-corrected chi connectivity index (χ0v) is 39.9. The van der Waals surface area contributed by atoms with E-state index in [2.05, 4.69) is 203 Å². The summed E-state index contributed by atoms with van der Waals surface area (Å²) >= 11 is 0. The molecule has 0 amide bonds. The van der Waals surface area contributed by atoms with Gasteiger partial charge in [-0.1, -0.05) is 170 Å². The Labute approximate surface area is 376 Å². The summed E-state index contributed by atoms with van der Waals surface area (Å²) in [4.78, 5) is 16.0. The standard InChI is InChI=1S/C56H56N4.Pt/c1-53(2,3)39-23-24-47-44(30-39)46-33-41(55(7,8)9)32-45(50(46)58-47)42-21-16-22-48-51(42)59-52(60(48)56(10,11)12)38-27-36(34-18-14-13-15-19-34)26-37(28-38)43-31-40(54(4,5)6)29-35-20-17-25-57-49(35)43;/h13-27,29-33H,1-12H3;/q-2;+2. The molecule has 3 heterocycles. The number of aromatic nitrogens is 4. The van der Waals surface area contributed by atoms with Gasteiger partial charge in [-0.05, 0) is 93.1 Å². The summed E-state index contributed by atoms with van der Waals surface area (Å²) in [5.41, 5.74) is 15.9. The molecule has 61 heavy (non-hydrogen) atoms. The van der Waals surface area contributed by atoms with Crippen molar-refractivity contribution in [3.8, 4) is 44.8 Å². The molecule has 0 radical (unpaired) electrons. The molecule has 0 unspecified atom stereocenters. The van der Waals surface area contributed by atoms with Gasteiger partial charge in [-0.3, -0.25) is 9.97 Å². The summed E-state index contributed by atoms with van der Waals surface area (Å²) in [7, 11) is 0. The fourth-order valence-electron chi connectivity index (χ4n) is 8.67. The van der Waals surface area contributed by atoms with Crippen molar-refractivity contribution >= 4 is 43.7 Å². The summed E-state index contributed by atoms with van der Waals surface area (Å²) in [5, 5.41) is 3.52. The van der Waals surface area contributed by atoms with Crippen LogP contribution in [0.15, 0.2) is 121 Å². The van der Waals surface area contributed by atoms with Gasteiger partial charge >= 0.3 is 21.1 Å². The van der Waals surface area contributed by atoms with E-state index in [1.54, 1.807) is 0 Å². The number of para-hydroxylation sites is 1. The first-order chi connectivity index (χ1) is 28.3. The molecule has 6 aromatic carbocycles. The van der Waals surface area contributed by atoms with Crippen LogP contribution in [0.1, 0.15) is 99.8 Å².